The molecule has 0 aromatic heterocycles. The van der Waals surface area contributed by atoms with E-state index in [0.717, 1.165) is 19.9 Å². The monoisotopic (exact) mass is 352 g/mol. The van der Waals surface area contributed by atoms with Gasteiger partial charge in [-0.05, 0) is 20.3 Å². The van der Waals surface area contributed by atoms with Crippen molar-refractivity contribution in [2.45, 2.75) is 65.1 Å². The van der Waals surface area contributed by atoms with Gasteiger partial charge in [-0.25, -0.2) is 4.99 Å². The van der Waals surface area contributed by atoms with Crippen molar-refractivity contribution >= 4 is 11.9 Å². The molecule has 0 aliphatic carbocycles. The van der Waals surface area contributed by atoms with E-state index in [2.05, 4.69) is 22.5 Å². The number of unbranched alkanes of at least 4 members (excludes halogenated alkanes) is 3. The highest BCUT2D eigenvalue weighted by Gasteiger charge is 2.31. The van der Waals surface area contributed by atoms with Crippen LogP contribution in [0.2, 0.25) is 0 Å². The van der Waals surface area contributed by atoms with Gasteiger partial charge in [0.15, 0.2) is 5.96 Å². The van der Waals surface area contributed by atoms with Crippen LogP contribution in [0.15, 0.2) is 4.99 Å². The first kappa shape index (κ1) is 22.5. The first-order valence-corrected chi connectivity index (χ1v) is 8.55. The number of likely N-dealkylation sites (N-methyl/N-ethyl adjacent to an activating group) is 1. The number of hydrogen-bond acceptors (Lipinski definition) is 2. The highest BCUT2D eigenvalue weighted by molar-refractivity contribution is 5.85. The minimum absolute atomic E-state index is 0.183. The summed E-state index contributed by atoms with van der Waals surface area (Å²) in [6.07, 6.45) is 1.25. The molecule has 0 saturated heterocycles. The predicted octanol–water partition coefficient (Wildman–Crippen LogP) is 2.92. The summed E-state index contributed by atoms with van der Waals surface area (Å²) in [4.78, 5) is 16.4. The van der Waals surface area contributed by atoms with Crippen molar-refractivity contribution in [3.8, 4) is 0 Å². The van der Waals surface area contributed by atoms with E-state index in [1.54, 1.807) is 0 Å². The zero-order valence-corrected chi connectivity index (χ0v) is 15.2. The molecule has 0 heterocycles. The van der Waals surface area contributed by atoms with Crippen LogP contribution >= 0.6 is 0 Å². The third-order valence-electron chi connectivity index (χ3n) is 3.43. The van der Waals surface area contributed by atoms with E-state index in [9.17, 15) is 18.0 Å². The summed E-state index contributed by atoms with van der Waals surface area (Å²) in [7, 11) is 1.13. The Morgan fingerprint density at radius 1 is 1.21 bits per heavy atom. The van der Waals surface area contributed by atoms with Crippen molar-refractivity contribution in [2.24, 2.45) is 4.99 Å². The minimum Gasteiger partial charge on any atom is -0.357 e. The number of halogens is 3. The first-order chi connectivity index (χ1) is 11.2. The molecule has 1 amide bonds. The molecule has 24 heavy (non-hydrogen) atoms. The van der Waals surface area contributed by atoms with Crippen LogP contribution in [0.25, 0.3) is 0 Å². The molecule has 0 aromatic rings. The molecule has 2 N–H and O–H groups in total. The Kier molecular flexibility index (Phi) is 11.2. The van der Waals surface area contributed by atoms with Crippen LogP contribution in [-0.2, 0) is 4.79 Å². The van der Waals surface area contributed by atoms with E-state index in [0.29, 0.717) is 17.4 Å². The molecule has 0 saturated carbocycles. The van der Waals surface area contributed by atoms with Crippen LogP contribution in [0, 0.1) is 0 Å². The third-order valence-corrected chi connectivity index (χ3v) is 3.43. The Bertz CT molecular complexity index is 386. The first-order valence-electron chi connectivity index (χ1n) is 8.55. The zero-order valence-electron chi connectivity index (χ0n) is 15.2. The van der Waals surface area contributed by atoms with E-state index < -0.39 is 18.6 Å². The Balaban J connectivity index is 4.42. The molecule has 0 bridgehead atoms. The average molecular weight is 352 g/mol. The van der Waals surface area contributed by atoms with Crippen molar-refractivity contribution in [1.82, 2.24) is 15.5 Å². The van der Waals surface area contributed by atoms with Gasteiger partial charge in [-0.15, -0.1) is 0 Å². The Labute approximate surface area is 143 Å². The Morgan fingerprint density at radius 3 is 2.42 bits per heavy atom. The summed E-state index contributed by atoms with van der Waals surface area (Å²) in [5, 5.41) is 6.19. The van der Waals surface area contributed by atoms with Gasteiger partial charge < -0.3 is 15.5 Å². The fourth-order valence-corrected chi connectivity index (χ4v) is 2.13. The van der Waals surface area contributed by atoms with Gasteiger partial charge in [0.05, 0.1) is 0 Å². The number of alkyl halides is 3. The lowest BCUT2D eigenvalue weighted by molar-refractivity contribution is -0.157. The number of rotatable bonds is 10. The Morgan fingerprint density at radius 2 is 1.88 bits per heavy atom. The SMILES string of the molecule is CCCCCCC(C)NC(=NCC(=O)N(C)CC(F)(F)F)NCC. The minimum atomic E-state index is -4.40. The molecule has 142 valence electrons. The Hall–Kier alpha value is -1.47. The molecule has 0 aliphatic heterocycles. The highest BCUT2D eigenvalue weighted by Crippen LogP contribution is 2.15. The number of carbonyl (C=O) groups is 1. The van der Waals surface area contributed by atoms with E-state index in [-0.39, 0.29) is 12.6 Å². The molecule has 1 atom stereocenters. The second-order valence-corrected chi connectivity index (χ2v) is 5.95. The van der Waals surface area contributed by atoms with Crippen molar-refractivity contribution in [3.63, 3.8) is 0 Å². The normalized spacial score (nSPS) is 13.5. The number of aliphatic imine (C=N–C) groups is 1. The lowest BCUT2D eigenvalue weighted by Gasteiger charge is -2.20. The molecule has 0 aliphatic rings. The third kappa shape index (κ3) is 12.0. The second kappa shape index (κ2) is 12.0. The number of hydrogen-bond donors (Lipinski definition) is 2. The molecular formula is C16H31F3N4O. The number of carbonyl (C=O) groups excluding carboxylic acids is 1. The number of nitrogens with one attached hydrogen (secondary N) is 2. The highest BCUT2D eigenvalue weighted by atomic mass is 19.4. The van der Waals surface area contributed by atoms with Crippen LogP contribution in [0.3, 0.4) is 0 Å². The summed E-state index contributed by atoms with van der Waals surface area (Å²) in [6, 6.07) is 0.183. The molecule has 8 heteroatoms. The molecule has 0 radical (unpaired) electrons. The molecule has 0 spiro atoms. The van der Waals surface area contributed by atoms with Gasteiger partial charge in [0.25, 0.3) is 0 Å². The fraction of sp³-hybridized carbons (Fsp3) is 0.875. The van der Waals surface area contributed by atoms with Gasteiger partial charge in [-0.1, -0.05) is 32.6 Å². The average Bonchev–Trinajstić information content (AvgIpc) is 2.47. The van der Waals surface area contributed by atoms with Crippen molar-refractivity contribution in [3.05, 3.63) is 0 Å². The van der Waals surface area contributed by atoms with Crippen LogP contribution in [0.1, 0.15) is 52.9 Å². The zero-order chi connectivity index (χ0) is 18.6. The number of amides is 1. The summed E-state index contributed by atoms with van der Waals surface area (Å²) in [6.45, 7) is 5.10. The van der Waals surface area contributed by atoms with Crippen LogP contribution in [-0.4, -0.2) is 55.7 Å². The van der Waals surface area contributed by atoms with Crippen LogP contribution in [0.5, 0.6) is 0 Å². The standard InChI is InChI=1S/C16H31F3N4O/c1-5-7-8-9-10-13(3)22-15(20-6-2)21-11-14(24)23(4)12-16(17,18)19/h13H,5-12H2,1-4H3,(H2,20,21,22). The maximum absolute atomic E-state index is 12.3. The molecule has 5 nitrogen and oxygen atoms in total. The molecule has 1 unspecified atom stereocenters. The van der Waals surface area contributed by atoms with Crippen LogP contribution in [0.4, 0.5) is 13.2 Å². The quantitative estimate of drug-likeness (QED) is 0.361. The van der Waals surface area contributed by atoms with E-state index >= 15 is 0 Å². The lowest BCUT2D eigenvalue weighted by Crippen LogP contribution is -2.43. The second-order valence-electron chi connectivity index (χ2n) is 5.95. The van der Waals surface area contributed by atoms with Gasteiger partial charge in [0, 0.05) is 19.6 Å². The lowest BCUT2D eigenvalue weighted by atomic mass is 10.1. The van der Waals surface area contributed by atoms with Gasteiger partial charge in [-0.3, -0.25) is 4.79 Å². The molecule has 0 fully saturated rings. The molecular weight excluding hydrogens is 321 g/mol. The number of nitrogens with zero attached hydrogens (tertiary/aromatic N) is 2. The maximum Gasteiger partial charge on any atom is 0.406 e. The smallest absolute Gasteiger partial charge is 0.357 e. The summed E-state index contributed by atoms with van der Waals surface area (Å²) in [5.41, 5.74) is 0. The number of guanidine groups is 1. The van der Waals surface area contributed by atoms with Crippen LogP contribution < -0.4 is 10.6 Å². The van der Waals surface area contributed by atoms with Gasteiger partial charge in [-0.2, -0.15) is 13.2 Å². The van der Waals surface area contributed by atoms with Gasteiger partial charge in [0.1, 0.15) is 13.1 Å². The maximum atomic E-state index is 12.3. The summed E-state index contributed by atoms with van der Waals surface area (Å²) in [5.74, 6) is -0.214. The van der Waals surface area contributed by atoms with E-state index in [1.807, 2.05) is 13.8 Å². The summed E-state index contributed by atoms with van der Waals surface area (Å²) < 4.78 is 36.8. The van der Waals surface area contributed by atoms with Crippen molar-refractivity contribution in [1.29, 1.82) is 0 Å². The fourth-order valence-electron chi connectivity index (χ4n) is 2.13. The van der Waals surface area contributed by atoms with Crippen molar-refractivity contribution < 1.29 is 18.0 Å². The van der Waals surface area contributed by atoms with E-state index in [4.69, 9.17) is 0 Å². The van der Waals surface area contributed by atoms with Gasteiger partial charge in [0.2, 0.25) is 5.91 Å². The predicted molar refractivity (Wildman–Crippen MR) is 91.0 cm³/mol. The molecule has 0 aromatic carbocycles. The topological polar surface area (TPSA) is 56.7 Å². The summed E-state index contributed by atoms with van der Waals surface area (Å²) >= 11 is 0. The van der Waals surface area contributed by atoms with Crippen molar-refractivity contribution in [2.75, 3.05) is 26.7 Å². The molecule has 0 rings (SSSR count). The largest absolute Gasteiger partial charge is 0.406 e. The van der Waals surface area contributed by atoms with Gasteiger partial charge >= 0.3 is 6.18 Å². The van der Waals surface area contributed by atoms with E-state index in [1.165, 1.54) is 19.3 Å².